The van der Waals surface area contributed by atoms with Gasteiger partial charge in [-0.25, -0.2) is 4.79 Å². The number of carbonyl (C=O) groups excluding carboxylic acids is 1. The van der Waals surface area contributed by atoms with Gasteiger partial charge in [0.15, 0.2) is 0 Å². The molecule has 2 nitrogen and oxygen atoms in total. The number of unbranched alkanes of at least 4 members (excludes halogenated alkanes) is 7. The number of esters is 1. The van der Waals surface area contributed by atoms with Crippen molar-refractivity contribution in [2.75, 3.05) is 6.61 Å². The van der Waals surface area contributed by atoms with Gasteiger partial charge in [0.2, 0.25) is 0 Å². The van der Waals surface area contributed by atoms with E-state index in [4.69, 9.17) is 0 Å². The van der Waals surface area contributed by atoms with Crippen LogP contribution in [0.25, 0.3) is 0 Å². The molecule has 0 N–H and O–H groups in total. The van der Waals surface area contributed by atoms with Gasteiger partial charge in [-0.3, -0.25) is 0 Å². The highest BCUT2D eigenvalue weighted by Gasteiger charge is 2.43. The summed E-state index contributed by atoms with van der Waals surface area (Å²) >= 11 is 1.53. The molecule has 0 saturated carbocycles. The number of rotatable bonds is 11. The molecule has 0 unspecified atom stereocenters. The van der Waals surface area contributed by atoms with E-state index in [0.29, 0.717) is 6.42 Å². The van der Waals surface area contributed by atoms with Crippen LogP contribution in [-0.4, -0.2) is 18.5 Å². The molecule has 0 spiro atoms. The van der Waals surface area contributed by atoms with Crippen molar-refractivity contribution in [1.29, 1.82) is 0 Å². The zero-order chi connectivity index (χ0) is 15.4. The topological polar surface area (TPSA) is 26.3 Å². The maximum absolute atomic E-state index is 13.6. The first-order valence-electron chi connectivity index (χ1n) is 7.38. The minimum atomic E-state index is -3.50. The second-order valence-electron chi connectivity index (χ2n) is 4.76. The highest BCUT2D eigenvalue weighted by atomic mass is 127. The Morgan fingerprint density at radius 1 is 1.10 bits per heavy atom. The molecule has 0 aromatic heterocycles. The molecule has 0 aliphatic heterocycles. The number of hydrogen-bond acceptors (Lipinski definition) is 2. The van der Waals surface area contributed by atoms with Gasteiger partial charge >= 0.3 is 11.9 Å². The molecule has 0 aromatic carbocycles. The van der Waals surface area contributed by atoms with Crippen molar-refractivity contribution >= 4 is 28.6 Å². The van der Waals surface area contributed by atoms with Crippen molar-refractivity contribution in [3.8, 4) is 0 Å². The Bertz CT molecular complexity index is 304. The van der Waals surface area contributed by atoms with E-state index in [-0.39, 0.29) is 10.2 Å². The summed E-state index contributed by atoms with van der Waals surface area (Å²) < 4.78 is 31.3. The summed E-state index contributed by atoms with van der Waals surface area (Å²) in [5.41, 5.74) is 0. The van der Waals surface area contributed by atoms with Crippen LogP contribution < -0.4 is 0 Å². The molecule has 0 aromatic rings. The van der Waals surface area contributed by atoms with E-state index in [0.717, 1.165) is 19.3 Å². The summed E-state index contributed by atoms with van der Waals surface area (Å²) in [6, 6.07) is 0. The molecular weight excluding hydrogens is 377 g/mol. The monoisotopic (exact) mass is 402 g/mol. The Hall–Kier alpha value is -0.200. The van der Waals surface area contributed by atoms with Gasteiger partial charge in [-0.15, -0.1) is 0 Å². The van der Waals surface area contributed by atoms with E-state index in [1.165, 1.54) is 61.3 Å². The van der Waals surface area contributed by atoms with Crippen LogP contribution in [0.15, 0.2) is 9.66 Å². The Morgan fingerprint density at radius 3 is 2.20 bits per heavy atom. The normalized spacial score (nSPS) is 12.6. The van der Waals surface area contributed by atoms with Crippen LogP contribution in [0.3, 0.4) is 0 Å². The first-order valence-corrected chi connectivity index (χ1v) is 8.45. The van der Waals surface area contributed by atoms with Crippen molar-refractivity contribution in [3.63, 3.8) is 0 Å². The van der Waals surface area contributed by atoms with Crippen molar-refractivity contribution in [2.45, 2.75) is 71.1 Å². The fourth-order valence-corrected chi connectivity index (χ4v) is 2.31. The third-order valence-corrected chi connectivity index (χ3v) is 4.08. The molecule has 20 heavy (non-hydrogen) atoms. The zero-order valence-corrected chi connectivity index (χ0v) is 14.5. The third kappa shape index (κ3) is 8.17. The lowest BCUT2D eigenvalue weighted by Crippen LogP contribution is -2.31. The van der Waals surface area contributed by atoms with Gasteiger partial charge in [-0.2, -0.15) is 8.78 Å². The van der Waals surface area contributed by atoms with Gasteiger partial charge in [0.25, 0.3) is 0 Å². The average molecular weight is 402 g/mol. The van der Waals surface area contributed by atoms with Crippen LogP contribution in [0.1, 0.15) is 65.2 Å². The maximum Gasteiger partial charge on any atom is 0.382 e. The molecule has 0 saturated heterocycles. The predicted octanol–water partition coefficient (Wildman–Crippen LogP) is 5.64. The molecule has 0 aliphatic rings. The van der Waals surface area contributed by atoms with E-state index < -0.39 is 11.9 Å². The molecule has 0 bridgehead atoms. The number of allylic oxidation sites excluding steroid dienone is 1. The van der Waals surface area contributed by atoms with Gasteiger partial charge in [0.05, 0.1) is 10.2 Å². The van der Waals surface area contributed by atoms with Gasteiger partial charge < -0.3 is 4.74 Å². The Balaban J connectivity index is 3.92. The Morgan fingerprint density at radius 2 is 1.65 bits per heavy atom. The zero-order valence-electron chi connectivity index (χ0n) is 12.4. The summed E-state index contributed by atoms with van der Waals surface area (Å²) in [5, 5.41) is 0. The third-order valence-electron chi connectivity index (χ3n) is 2.96. The van der Waals surface area contributed by atoms with Crippen molar-refractivity contribution in [2.24, 2.45) is 0 Å². The molecule has 118 valence electrons. The molecular formula is C15H25F2IO2. The standard InChI is InChI=1S/C15H25F2IO2/c1-3-5-6-7-8-9-10-11-12-13(18)15(16,17)14(19)20-4-2/h12H,3-11H2,1-2H3. The summed E-state index contributed by atoms with van der Waals surface area (Å²) in [5.74, 6) is -4.96. The first kappa shape index (κ1) is 19.8. The first-order chi connectivity index (χ1) is 9.46. The van der Waals surface area contributed by atoms with Crippen molar-refractivity contribution in [1.82, 2.24) is 0 Å². The van der Waals surface area contributed by atoms with Crippen LogP contribution in [-0.2, 0) is 9.53 Å². The second-order valence-corrected chi connectivity index (χ2v) is 5.92. The van der Waals surface area contributed by atoms with E-state index in [1.807, 2.05) is 0 Å². The fourth-order valence-electron chi connectivity index (χ4n) is 1.78. The SMILES string of the molecule is CCCCCCCCCC=C(I)C(F)(F)C(=O)OCC. The average Bonchev–Trinajstić information content (AvgIpc) is 2.41. The molecule has 0 fully saturated rings. The number of alkyl halides is 2. The smallest absolute Gasteiger partial charge is 0.382 e. The predicted molar refractivity (Wildman–Crippen MR) is 86.3 cm³/mol. The summed E-state index contributed by atoms with van der Waals surface area (Å²) in [4.78, 5) is 11.1. The number of hydrogen-bond donors (Lipinski definition) is 0. The van der Waals surface area contributed by atoms with Gasteiger partial charge in [-0.05, 0) is 42.4 Å². The molecule has 0 heterocycles. The largest absolute Gasteiger partial charge is 0.461 e. The number of halogens is 3. The maximum atomic E-state index is 13.6. The molecule has 0 atom stereocenters. The summed E-state index contributed by atoms with van der Waals surface area (Å²) in [7, 11) is 0. The van der Waals surface area contributed by atoms with Crippen molar-refractivity contribution in [3.05, 3.63) is 9.66 Å². The highest BCUT2D eigenvalue weighted by Crippen LogP contribution is 2.31. The van der Waals surface area contributed by atoms with Crippen LogP contribution in [0.4, 0.5) is 8.78 Å². The van der Waals surface area contributed by atoms with Crippen LogP contribution in [0, 0.1) is 0 Å². The lowest BCUT2D eigenvalue weighted by atomic mass is 10.1. The van der Waals surface area contributed by atoms with Gasteiger partial charge in [-0.1, -0.05) is 51.5 Å². The summed E-state index contributed by atoms with van der Waals surface area (Å²) in [6.07, 6.45) is 10.1. The molecule has 0 radical (unpaired) electrons. The molecule has 0 amide bonds. The summed E-state index contributed by atoms with van der Waals surface area (Å²) in [6.45, 7) is 3.66. The molecule has 0 rings (SSSR count). The number of carbonyl (C=O) groups is 1. The lowest BCUT2D eigenvalue weighted by molar-refractivity contribution is -0.164. The Kier molecular flexibility index (Phi) is 11.3. The quantitative estimate of drug-likeness (QED) is 0.254. The molecule has 5 heteroatoms. The van der Waals surface area contributed by atoms with Crippen molar-refractivity contribution < 1.29 is 18.3 Å². The van der Waals surface area contributed by atoms with E-state index >= 15 is 0 Å². The molecule has 0 aliphatic carbocycles. The number of ether oxygens (including phenoxy) is 1. The van der Waals surface area contributed by atoms with Gasteiger partial charge in [0.1, 0.15) is 0 Å². The van der Waals surface area contributed by atoms with E-state index in [1.54, 1.807) is 0 Å². The highest BCUT2D eigenvalue weighted by molar-refractivity contribution is 14.1. The minimum absolute atomic E-state index is 0.0316. The Labute approximate surface area is 134 Å². The second kappa shape index (κ2) is 11.5. The van der Waals surface area contributed by atoms with Crippen LogP contribution in [0.2, 0.25) is 0 Å². The van der Waals surface area contributed by atoms with Crippen LogP contribution in [0.5, 0.6) is 0 Å². The fraction of sp³-hybridized carbons (Fsp3) is 0.800. The lowest BCUT2D eigenvalue weighted by Gasteiger charge is -2.13. The van der Waals surface area contributed by atoms with Gasteiger partial charge in [0, 0.05) is 0 Å². The van der Waals surface area contributed by atoms with Crippen LogP contribution >= 0.6 is 22.6 Å². The van der Waals surface area contributed by atoms with E-state index in [2.05, 4.69) is 11.7 Å². The van der Waals surface area contributed by atoms with E-state index in [9.17, 15) is 13.6 Å². The minimum Gasteiger partial charge on any atom is -0.461 e.